The van der Waals surface area contributed by atoms with Crippen LogP contribution in [0.3, 0.4) is 0 Å². The van der Waals surface area contributed by atoms with E-state index in [1.807, 2.05) is 37.0 Å². The van der Waals surface area contributed by atoms with Gasteiger partial charge in [0.25, 0.3) is 0 Å². The second-order valence-corrected chi connectivity index (χ2v) is 9.06. The number of fused-ring (bicyclic) bond motifs is 1. The lowest BCUT2D eigenvalue weighted by molar-refractivity contribution is 0.312. The van der Waals surface area contributed by atoms with Gasteiger partial charge in [-0.3, -0.25) is 9.56 Å². The Morgan fingerprint density at radius 3 is 2.64 bits per heavy atom. The summed E-state index contributed by atoms with van der Waals surface area (Å²) in [5, 5.41) is 11.7. The number of hydrogen-bond donors (Lipinski definition) is 1. The summed E-state index contributed by atoms with van der Waals surface area (Å²) < 4.78 is 4.13. The average molecular weight is 485 g/mol. The van der Waals surface area contributed by atoms with E-state index >= 15 is 0 Å². The lowest BCUT2D eigenvalue weighted by atomic mass is 10.2. The van der Waals surface area contributed by atoms with Gasteiger partial charge < -0.3 is 19.7 Å². The first-order valence-electron chi connectivity index (χ1n) is 12.1. The number of piperazine rings is 1. The summed E-state index contributed by atoms with van der Waals surface area (Å²) in [7, 11) is 4.04. The van der Waals surface area contributed by atoms with Crippen molar-refractivity contribution < 1.29 is 0 Å². The van der Waals surface area contributed by atoms with Crippen molar-refractivity contribution in [3.63, 3.8) is 0 Å². The first-order chi connectivity index (χ1) is 17.6. The standard InChI is InChI=1S/C26H32N10/c1-19-31-32-25(16-27-2)35(19)18-22(28-3)26-30-21-15-29-24(34-12-10-33(4)11-13-34)14-23(21)36(26)17-20-8-6-5-7-9-20/h5-9,14-15,18,27H,3,10-13,16-17H2,1-2,4H3/b22-18-. The van der Waals surface area contributed by atoms with Crippen molar-refractivity contribution in [3.05, 3.63) is 65.6 Å². The number of pyridine rings is 1. The highest BCUT2D eigenvalue weighted by atomic mass is 15.3. The number of imidazole rings is 1. The molecule has 36 heavy (non-hydrogen) atoms. The Morgan fingerprint density at radius 2 is 1.92 bits per heavy atom. The predicted molar refractivity (Wildman–Crippen MR) is 144 cm³/mol. The van der Waals surface area contributed by atoms with Gasteiger partial charge in [0.2, 0.25) is 0 Å². The number of hydrogen-bond acceptors (Lipinski definition) is 8. The summed E-state index contributed by atoms with van der Waals surface area (Å²) in [5.41, 5.74) is 3.66. The minimum Gasteiger partial charge on any atom is -0.354 e. The molecule has 0 bridgehead atoms. The summed E-state index contributed by atoms with van der Waals surface area (Å²) in [6.45, 7) is 11.0. The Balaban J connectivity index is 1.63. The SMILES string of the molecule is C=N/C(=C\n1c(C)nnc1CNC)c1nc2cnc(N3CCN(C)CC3)cc2n1Cc1ccccc1. The molecule has 0 radical (unpaired) electrons. The number of likely N-dealkylation sites (N-methyl/N-ethyl adjacent to an activating group) is 1. The fraction of sp³-hybridized carbons (Fsp3) is 0.346. The Morgan fingerprint density at radius 1 is 1.14 bits per heavy atom. The molecule has 3 aromatic heterocycles. The van der Waals surface area contributed by atoms with Crippen molar-refractivity contribution in [2.75, 3.05) is 45.2 Å². The molecular weight excluding hydrogens is 452 g/mol. The van der Waals surface area contributed by atoms with E-state index in [1.54, 1.807) is 0 Å². The largest absolute Gasteiger partial charge is 0.354 e. The van der Waals surface area contributed by atoms with Gasteiger partial charge in [0.05, 0.1) is 18.3 Å². The van der Waals surface area contributed by atoms with Crippen LogP contribution < -0.4 is 10.2 Å². The van der Waals surface area contributed by atoms with E-state index in [0.29, 0.717) is 18.8 Å². The normalized spacial score (nSPS) is 15.1. The van der Waals surface area contributed by atoms with Gasteiger partial charge in [-0.2, -0.15) is 0 Å². The van der Waals surface area contributed by atoms with E-state index in [0.717, 1.165) is 60.5 Å². The summed E-state index contributed by atoms with van der Waals surface area (Å²) in [4.78, 5) is 18.8. The number of aliphatic imine (C=N–C) groups is 1. The molecule has 5 rings (SSSR count). The fourth-order valence-corrected chi connectivity index (χ4v) is 4.50. The van der Waals surface area contributed by atoms with Crippen LogP contribution in [0, 0.1) is 6.92 Å². The van der Waals surface area contributed by atoms with Gasteiger partial charge in [-0.25, -0.2) is 9.97 Å². The third-order valence-corrected chi connectivity index (χ3v) is 6.55. The van der Waals surface area contributed by atoms with Crippen LogP contribution in [0.1, 0.15) is 23.0 Å². The number of anilines is 1. The lowest BCUT2D eigenvalue weighted by Gasteiger charge is -2.33. The van der Waals surface area contributed by atoms with E-state index in [2.05, 4.69) is 79.0 Å². The molecule has 1 saturated heterocycles. The number of aryl methyl sites for hydroxylation is 1. The predicted octanol–water partition coefficient (Wildman–Crippen LogP) is 2.51. The van der Waals surface area contributed by atoms with Crippen molar-refractivity contribution in [3.8, 4) is 0 Å². The first-order valence-corrected chi connectivity index (χ1v) is 12.1. The smallest absolute Gasteiger partial charge is 0.161 e. The molecule has 0 unspecified atom stereocenters. The molecular formula is C26H32N10. The zero-order valence-electron chi connectivity index (χ0n) is 21.1. The zero-order chi connectivity index (χ0) is 25.1. The Kier molecular flexibility index (Phi) is 6.88. The molecule has 0 atom stereocenters. The van der Waals surface area contributed by atoms with Crippen LogP contribution in [-0.2, 0) is 13.1 Å². The van der Waals surface area contributed by atoms with Crippen LogP contribution in [0.15, 0.2) is 47.6 Å². The average Bonchev–Trinajstić information content (AvgIpc) is 3.43. The maximum absolute atomic E-state index is 4.97. The van der Waals surface area contributed by atoms with Crippen LogP contribution in [0.2, 0.25) is 0 Å². The van der Waals surface area contributed by atoms with Gasteiger partial charge in [0, 0.05) is 45.0 Å². The lowest BCUT2D eigenvalue weighted by Crippen LogP contribution is -2.44. The monoisotopic (exact) mass is 484 g/mol. The van der Waals surface area contributed by atoms with Gasteiger partial charge >= 0.3 is 0 Å². The molecule has 0 spiro atoms. The molecule has 0 amide bonds. The number of benzene rings is 1. The zero-order valence-corrected chi connectivity index (χ0v) is 21.1. The van der Waals surface area contributed by atoms with Crippen molar-refractivity contribution in [1.82, 2.24) is 39.5 Å². The minimum absolute atomic E-state index is 0.584. The first kappa shape index (κ1) is 23.8. The Hall–Kier alpha value is -3.89. The molecule has 1 aromatic carbocycles. The highest BCUT2D eigenvalue weighted by Gasteiger charge is 2.20. The minimum atomic E-state index is 0.584. The molecule has 10 heteroatoms. The molecule has 4 heterocycles. The fourth-order valence-electron chi connectivity index (χ4n) is 4.50. The van der Waals surface area contributed by atoms with Gasteiger partial charge in [0.1, 0.15) is 22.9 Å². The Bertz CT molecular complexity index is 1380. The van der Waals surface area contributed by atoms with Gasteiger partial charge in [0.15, 0.2) is 11.6 Å². The molecule has 4 aromatic rings. The van der Waals surface area contributed by atoms with Gasteiger partial charge in [-0.15, -0.1) is 10.2 Å². The summed E-state index contributed by atoms with van der Waals surface area (Å²) >= 11 is 0. The molecule has 1 aliphatic rings. The molecule has 1 N–H and O–H groups in total. The van der Waals surface area contributed by atoms with Crippen LogP contribution in [0.5, 0.6) is 0 Å². The second kappa shape index (κ2) is 10.4. The van der Waals surface area contributed by atoms with Crippen molar-refractivity contribution in [1.29, 1.82) is 0 Å². The van der Waals surface area contributed by atoms with Crippen molar-refractivity contribution in [2.24, 2.45) is 4.99 Å². The topological polar surface area (TPSA) is 92.3 Å². The third kappa shape index (κ3) is 4.77. The van der Waals surface area contributed by atoms with E-state index in [4.69, 9.17) is 9.97 Å². The van der Waals surface area contributed by atoms with Crippen LogP contribution in [0.25, 0.3) is 22.9 Å². The molecule has 186 valence electrons. The maximum Gasteiger partial charge on any atom is 0.161 e. The van der Waals surface area contributed by atoms with E-state index in [1.165, 1.54) is 5.56 Å². The quantitative estimate of drug-likeness (QED) is 0.384. The summed E-state index contributed by atoms with van der Waals surface area (Å²) in [6.07, 6.45) is 3.78. The third-order valence-electron chi connectivity index (χ3n) is 6.55. The maximum atomic E-state index is 4.97. The number of nitrogens with one attached hydrogen (secondary N) is 1. The number of rotatable bonds is 8. The summed E-state index contributed by atoms with van der Waals surface area (Å²) in [6, 6.07) is 12.5. The van der Waals surface area contributed by atoms with Crippen LogP contribution in [0.4, 0.5) is 5.82 Å². The molecule has 1 aliphatic heterocycles. The van der Waals surface area contributed by atoms with E-state index in [-0.39, 0.29) is 0 Å². The summed E-state index contributed by atoms with van der Waals surface area (Å²) in [5.74, 6) is 3.26. The molecule has 0 saturated carbocycles. The molecule has 1 fully saturated rings. The van der Waals surface area contributed by atoms with Gasteiger partial charge in [-0.05, 0) is 33.3 Å². The molecule has 10 nitrogen and oxygen atoms in total. The van der Waals surface area contributed by atoms with Gasteiger partial charge in [-0.1, -0.05) is 30.3 Å². The highest BCUT2D eigenvalue weighted by Crippen LogP contribution is 2.27. The van der Waals surface area contributed by atoms with Crippen LogP contribution >= 0.6 is 0 Å². The van der Waals surface area contributed by atoms with Crippen molar-refractivity contribution >= 4 is 35.5 Å². The number of nitrogens with zero attached hydrogens (tertiary/aromatic N) is 9. The highest BCUT2D eigenvalue weighted by molar-refractivity contribution is 5.84. The molecule has 0 aliphatic carbocycles. The van der Waals surface area contributed by atoms with E-state index in [9.17, 15) is 0 Å². The van der Waals surface area contributed by atoms with E-state index < -0.39 is 0 Å². The Labute approximate surface area is 211 Å². The number of aromatic nitrogens is 6. The second-order valence-electron chi connectivity index (χ2n) is 9.06. The van der Waals surface area contributed by atoms with Crippen molar-refractivity contribution in [2.45, 2.75) is 20.0 Å². The van der Waals surface area contributed by atoms with Crippen LogP contribution in [-0.4, -0.2) is 81.2 Å².